The van der Waals surface area contributed by atoms with Crippen LogP contribution in [0.1, 0.15) is 17.1 Å². The molecule has 0 radical (unpaired) electrons. The quantitative estimate of drug-likeness (QED) is 0.542. The van der Waals surface area contributed by atoms with Gasteiger partial charge >= 0.3 is 0 Å². The van der Waals surface area contributed by atoms with Gasteiger partial charge in [0.15, 0.2) is 5.82 Å². The molecule has 0 fully saturated rings. The Labute approximate surface area is 137 Å². The van der Waals surface area contributed by atoms with Crippen molar-refractivity contribution in [2.75, 3.05) is 0 Å². The lowest BCUT2D eigenvalue weighted by Gasteiger charge is -2.03. The van der Waals surface area contributed by atoms with Gasteiger partial charge in [-0.25, -0.2) is 14.6 Å². The zero-order valence-corrected chi connectivity index (χ0v) is 13.0. The maximum Gasteiger partial charge on any atom is 0.269 e. The largest absolute Gasteiger partial charge is 0.269 e. The lowest BCUT2D eigenvalue weighted by molar-refractivity contribution is -0.384. The normalized spacial score (nSPS) is 10.4. The van der Waals surface area contributed by atoms with Gasteiger partial charge < -0.3 is 0 Å². The van der Waals surface area contributed by atoms with Crippen LogP contribution in [0.2, 0.25) is 0 Å². The number of nitro groups is 1. The van der Waals surface area contributed by atoms with Crippen molar-refractivity contribution in [1.29, 1.82) is 5.26 Å². The Hall–Kier alpha value is -3.60. The molecular weight excluding hydrogens is 308 g/mol. The summed E-state index contributed by atoms with van der Waals surface area (Å²) in [5, 5.41) is 24.5. The van der Waals surface area contributed by atoms with E-state index in [1.54, 1.807) is 31.3 Å². The third-order valence-electron chi connectivity index (χ3n) is 3.37. The Morgan fingerprint density at radius 3 is 2.50 bits per heavy atom. The summed E-state index contributed by atoms with van der Waals surface area (Å²) in [7, 11) is 0. The van der Waals surface area contributed by atoms with Gasteiger partial charge in [-0.2, -0.15) is 10.4 Å². The van der Waals surface area contributed by atoms with E-state index in [2.05, 4.69) is 21.1 Å². The van der Waals surface area contributed by atoms with Crippen molar-refractivity contribution in [3.05, 3.63) is 63.7 Å². The SMILES string of the molecule is Cc1cc(-n2cc(C#N)c(-c3ccc([N+](=O)[O-])cc3)n2)nc(C)n1. The number of nitrogens with zero attached hydrogens (tertiary/aromatic N) is 6. The predicted octanol–water partition coefficient (Wildman–Crippen LogP) is 2.73. The number of rotatable bonds is 3. The molecule has 118 valence electrons. The topological polar surface area (TPSA) is 111 Å². The smallest absolute Gasteiger partial charge is 0.258 e. The highest BCUT2D eigenvalue weighted by atomic mass is 16.6. The molecule has 0 aliphatic rings. The molecule has 3 rings (SSSR count). The molecule has 0 unspecified atom stereocenters. The van der Waals surface area contributed by atoms with E-state index in [0.29, 0.717) is 28.5 Å². The highest BCUT2D eigenvalue weighted by Gasteiger charge is 2.14. The minimum Gasteiger partial charge on any atom is -0.258 e. The highest BCUT2D eigenvalue weighted by molar-refractivity contribution is 5.67. The van der Waals surface area contributed by atoms with Crippen LogP contribution in [0.5, 0.6) is 0 Å². The molecule has 0 amide bonds. The van der Waals surface area contributed by atoms with Crippen molar-refractivity contribution in [2.45, 2.75) is 13.8 Å². The number of hydrogen-bond acceptors (Lipinski definition) is 6. The van der Waals surface area contributed by atoms with Crippen molar-refractivity contribution in [3.8, 4) is 23.1 Å². The Bertz CT molecular complexity index is 949. The lowest BCUT2D eigenvalue weighted by atomic mass is 10.1. The minimum absolute atomic E-state index is 0.0151. The molecule has 0 saturated heterocycles. The van der Waals surface area contributed by atoms with Crippen molar-refractivity contribution in [1.82, 2.24) is 19.7 Å². The van der Waals surface area contributed by atoms with E-state index >= 15 is 0 Å². The highest BCUT2D eigenvalue weighted by Crippen LogP contribution is 2.25. The Balaban J connectivity index is 2.08. The summed E-state index contributed by atoms with van der Waals surface area (Å²) in [4.78, 5) is 18.8. The van der Waals surface area contributed by atoms with Gasteiger partial charge in [-0.3, -0.25) is 10.1 Å². The van der Waals surface area contributed by atoms with Crippen LogP contribution in [0.15, 0.2) is 36.5 Å². The van der Waals surface area contributed by atoms with Crippen LogP contribution in [0.3, 0.4) is 0 Å². The second-order valence-corrected chi connectivity index (χ2v) is 5.17. The Morgan fingerprint density at radius 2 is 1.92 bits per heavy atom. The van der Waals surface area contributed by atoms with Crippen molar-refractivity contribution >= 4 is 5.69 Å². The summed E-state index contributed by atoms with van der Waals surface area (Å²) < 4.78 is 1.51. The molecule has 2 aromatic heterocycles. The minimum atomic E-state index is -0.472. The van der Waals surface area contributed by atoms with Gasteiger partial charge in [-0.15, -0.1) is 0 Å². The first-order chi connectivity index (χ1) is 11.5. The molecule has 1 aromatic carbocycles. The summed E-state index contributed by atoms with van der Waals surface area (Å²) in [5.74, 6) is 1.17. The maximum absolute atomic E-state index is 10.7. The number of nitro benzene ring substituents is 1. The monoisotopic (exact) mass is 320 g/mol. The van der Waals surface area contributed by atoms with Gasteiger partial charge in [0.1, 0.15) is 17.6 Å². The van der Waals surface area contributed by atoms with Gasteiger partial charge in [0.25, 0.3) is 5.69 Å². The third kappa shape index (κ3) is 2.83. The Kier molecular flexibility index (Phi) is 3.75. The zero-order valence-electron chi connectivity index (χ0n) is 13.0. The third-order valence-corrected chi connectivity index (χ3v) is 3.37. The van der Waals surface area contributed by atoms with Crippen molar-refractivity contribution in [2.24, 2.45) is 0 Å². The zero-order chi connectivity index (χ0) is 17.3. The fourth-order valence-electron chi connectivity index (χ4n) is 2.34. The molecule has 0 atom stereocenters. The number of benzene rings is 1. The van der Waals surface area contributed by atoms with E-state index in [9.17, 15) is 15.4 Å². The molecule has 0 N–H and O–H groups in total. The number of nitriles is 1. The van der Waals surface area contributed by atoms with Gasteiger partial charge in [-0.1, -0.05) is 0 Å². The van der Waals surface area contributed by atoms with E-state index in [4.69, 9.17) is 0 Å². The maximum atomic E-state index is 10.7. The average Bonchev–Trinajstić information content (AvgIpc) is 2.98. The van der Waals surface area contributed by atoms with Crippen molar-refractivity contribution in [3.63, 3.8) is 0 Å². The van der Waals surface area contributed by atoms with Crippen LogP contribution < -0.4 is 0 Å². The summed E-state index contributed by atoms with van der Waals surface area (Å²) >= 11 is 0. The molecule has 0 bridgehead atoms. The summed E-state index contributed by atoms with van der Waals surface area (Å²) in [5.41, 5.74) is 2.21. The standard InChI is InChI=1S/C16H12N6O2/c1-10-7-15(19-11(2)18-10)21-9-13(8-17)16(20-21)12-3-5-14(6-4-12)22(23)24/h3-7,9H,1-2H3. The fourth-order valence-corrected chi connectivity index (χ4v) is 2.34. The van der Waals surface area contributed by atoms with Gasteiger partial charge in [0.05, 0.1) is 16.7 Å². The summed E-state index contributed by atoms with van der Waals surface area (Å²) in [6.45, 7) is 3.63. The molecule has 0 saturated carbocycles. The molecule has 0 aliphatic heterocycles. The first-order valence-electron chi connectivity index (χ1n) is 7.05. The summed E-state index contributed by atoms with van der Waals surface area (Å²) in [6.07, 6.45) is 1.58. The molecule has 8 heteroatoms. The number of aryl methyl sites for hydroxylation is 2. The number of aromatic nitrogens is 4. The predicted molar refractivity (Wildman–Crippen MR) is 85.4 cm³/mol. The van der Waals surface area contributed by atoms with Gasteiger partial charge in [-0.05, 0) is 26.0 Å². The fraction of sp³-hybridized carbons (Fsp3) is 0.125. The first-order valence-corrected chi connectivity index (χ1v) is 7.05. The van der Waals surface area contributed by atoms with Gasteiger partial charge in [0.2, 0.25) is 0 Å². The number of non-ortho nitro benzene ring substituents is 1. The van der Waals surface area contributed by atoms with E-state index in [0.717, 1.165) is 5.69 Å². The second kappa shape index (κ2) is 5.89. The van der Waals surface area contributed by atoms with Crippen LogP contribution in [0.4, 0.5) is 5.69 Å². The molecule has 0 aliphatic carbocycles. The van der Waals surface area contributed by atoms with E-state index in [1.165, 1.54) is 16.8 Å². The summed E-state index contributed by atoms with van der Waals surface area (Å²) in [6, 6.07) is 9.76. The van der Waals surface area contributed by atoms with Crippen LogP contribution in [0.25, 0.3) is 17.1 Å². The first kappa shape index (κ1) is 15.3. The average molecular weight is 320 g/mol. The molecule has 0 spiro atoms. The van der Waals surface area contributed by atoms with Crippen molar-refractivity contribution < 1.29 is 4.92 Å². The van der Waals surface area contributed by atoms with E-state index < -0.39 is 4.92 Å². The van der Waals surface area contributed by atoms with Crippen LogP contribution in [-0.2, 0) is 0 Å². The van der Waals surface area contributed by atoms with Gasteiger partial charge in [0, 0.05) is 29.5 Å². The van der Waals surface area contributed by atoms with Crippen LogP contribution in [0, 0.1) is 35.3 Å². The molecular formula is C16H12N6O2. The second-order valence-electron chi connectivity index (χ2n) is 5.17. The number of hydrogen-bond donors (Lipinski definition) is 0. The molecule has 2 heterocycles. The Morgan fingerprint density at radius 1 is 1.21 bits per heavy atom. The van der Waals surface area contributed by atoms with E-state index in [1.807, 2.05) is 6.92 Å². The molecule has 24 heavy (non-hydrogen) atoms. The van der Waals surface area contributed by atoms with Crippen LogP contribution >= 0.6 is 0 Å². The van der Waals surface area contributed by atoms with E-state index in [-0.39, 0.29) is 5.69 Å². The molecule has 8 nitrogen and oxygen atoms in total. The van der Waals surface area contributed by atoms with Crippen LogP contribution in [-0.4, -0.2) is 24.7 Å². The lowest BCUT2D eigenvalue weighted by Crippen LogP contribution is -2.02. The molecule has 3 aromatic rings.